The van der Waals surface area contributed by atoms with Gasteiger partial charge in [0.15, 0.2) is 0 Å². The van der Waals surface area contributed by atoms with Gasteiger partial charge < -0.3 is 5.32 Å². The van der Waals surface area contributed by atoms with Gasteiger partial charge in [-0.15, -0.1) is 0 Å². The van der Waals surface area contributed by atoms with E-state index in [9.17, 15) is 4.79 Å². The van der Waals surface area contributed by atoms with Gasteiger partial charge in [0.2, 0.25) is 5.91 Å². The van der Waals surface area contributed by atoms with Crippen LogP contribution in [0.2, 0.25) is 0 Å². The smallest absolute Gasteiger partial charge is 0.222 e. The molecule has 1 N–H and O–H groups in total. The highest BCUT2D eigenvalue weighted by molar-refractivity contribution is 7.07. The molecule has 4 heteroatoms. The van der Waals surface area contributed by atoms with Crippen molar-refractivity contribution in [1.29, 1.82) is 0 Å². The predicted molar refractivity (Wildman–Crippen MR) is 80.2 cm³/mol. The average Bonchev–Trinajstić information content (AvgIpc) is 2.90. The van der Waals surface area contributed by atoms with E-state index in [-0.39, 0.29) is 11.8 Å². The SMILES string of the molecule is CC(C)C(=O)NCC1CCN(Cc2ccsc2)CC1. The Morgan fingerprint density at radius 2 is 2.21 bits per heavy atom. The van der Waals surface area contributed by atoms with Crippen molar-refractivity contribution in [3.05, 3.63) is 22.4 Å². The van der Waals surface area contributed by atoms with Gasteiger partial charge in [0, 0.05) is 19.0 Å². The minimum Gasteiger partial charge on any atom is -0.356 e. The number of thiophene rings is 1. The molecule has 2 rings (SSSR count). The first kappa shape index (κ1) is 14.5. The third-order valence-electron chi connectivity index (χ3n) is 3.78. The Hall–Kier alpha value is -0.870. The van der Waals surface area contributed by atoms with E-state index in [1.54, 1.807) is 11.3 Å². The zero-order valence-corrected chi connectivity index (χ0v) is 12.7. The number of carbonyl (C=O) groups excluding carboxylic acids is 1. The number of hydrogen-bond donors (Lipinski definition) is 1. The molecule has 0 atom stereocenters. The molecule has 19 heavy (non-hydrogen) atoms. The molecule has 0 saturated carbocycles. The first-order chi connectivity index (χ1) is 9.15. The molecule has 0 spiro atoms. The van der Waals surface area contributed by atoms with E-state index in [0.29, 0.717) is 5.92 Å². The van der Waals surface area contributed by atoms with Gasteiger partial charge in [-0.25, -0.2) is 0 Å². The summed E-state index contributed by atoms with van der Waals surface area (Å²) in [6.07, 6.45) is 2.39. The fourth-order valence-electron chi connectivity index (χ4n) is 2.44. The van der Waals surface area contributed by atoms with Gasteiger partial charge in [-0.3, -0.25) is 9.69 Å². The van der Waals surface area contributed by atoms with Crippen LogP contribution in [0.5, 0.6) is 0 Å². The zero-order valence-electron chi connectivity index (χ0n) is 11.9. The first-order valence-electron chi connectivity index (χ1n) is 7.16. The van der Waals surface area contributed by atoms with E-state index in [0.717, 1.165) is 26.2 Å². The molecule has 1 saturated heterocycles. The summed E-state index contributed by atoms with van der Waals surface area (Å²) in [5.74, 6) is 0.931. The first-order valence-corrected chi connectivity index (χ1v) is 8.10. The summed E-state index contributed by atoms with van der Waals surface area (Å²) in [5, 5.41) is 7.43. The number of carbonyl (C=O) groups is 1. The normalized spacial score (nSPS) is 17.8. The summed E-state index contributed by atoms with van der Waals surface area (Å²) < 4.78 is 0. The molecule has 1 aromatic heterocycles. The molecular weight excluding hydrogens is 256 g/mol. The molecule has 1 amide bonds. The number of nitrogens with one attached hydrogen (secondary N) is 1. The van der Waals surface area contributed by atoms with E-state index >= 15 is 0 Å². The summed E-state index contributed by atoms with van der Waals surface area (Å²) in [4.78, 5) is 14.1. The monoisotopic (exact) mass is 280 g/mol. The van der Waals surface area contributed by atoms with Crippen molar-refractivity contribution in [2.24, 2.45) is 11.8 Å². The van der Waals surface area contributed by atoms with Crippen molar-refractivity contribution < 1.29 is 4.79 Å². The van der Waals surface area contributed by atoms with Crippen LogP contribution in [-0.4, -0.2) is 30.4 Å². The van der Waals surface area contributed by atoms with Crippen LogP contribution in [0.1, 0.15) is 32.3 Å². The van der Waals surface area contributed by atoms with Crippen molar-refractivity contribution in [1.82, 2.24) is 10.2 Å². The molecule has 0 radical (unpaired) electrons. The molecule has 1 aromatic rings. The maximum Gasteiger partial charge on any atom is 0.222 e. The van der Waals surface area contributed by atoms with Gasteiger partial charge in [0.05, 0.1) is 0 Å². The van der Waals surface area contributed by atoms with Crippen molar-refractivity contribution >= 4 is 17.2 Å². The molecular formula is C15H24N2OS. The van der Waals surface area contributed by atoms with Crippen LogP contribution in [0.25, 0.3) is 0 Å². The fraction of sp³-hybridized carbons (Fsp3) is 0.667. The maximum absolute atomic E-state index is 11.5. The van der Waals surface area contributed by atoms with Gasteiger partial charge in [-0.1, -0.05) is 13.8 Å². The van der Waals surface area contributed by atoms with Gasteiger partial charge >= 0.3 is 0 Å². The highest BCUT2D eigenvalue weighted by Crippen LogP contribution is 2.19. The lowest BCUT2D eigenvalue weighted by atomic mass is 9.96. The van der Waals surface area contributed by atoms with Crippen LogP contribution < -0.4 is 5.32 Å². The van der Waals surface area contributed by atoms with Crippen LogP contribution in [-0.2, 0) is 11.3 Å². The zero-order chi connectivity index (χ0) is 13.7. The Balaban J connectivity index is 1.66. The Labute approximate surface area is 120 Å². The third-order valence-corrected chi connectivity index (χ3v) is 4.51. The van der Waals surface area contributed by atoms with Crippen LogP contribution in [0.15, 0.2) is 16.8 Å². The fourth-order valence-corrected chi connectivity index (χ4v) is 3.10. The van der Waals surface area contributed by atoms with Gasteiger partial charge in [-0.2, -0.15) is 11.3 Å². The summed E-state index contributed by atoms with van der Waals surface area (Å²) in [7, 11) is 0. The molecule has 3 nitrogen and oxygen atoms in total. The Kier molecular flexibility index (Phi) is 5.40. The van der Waals surface area contributed by atoms with E-state index in [1.165, 1.54) is 18.4 Å². The van der Waals surface area contributed by atoms with E-state index in [2.05, 4.69) is 27.0 Å². The van der Waals surface area contributed by atoms with Gasteiger partial charge in [0.1, 0.15) is 0 Å². The number of rotatable bonds is 5. The number of nitrogens with zero attached hydrogens (tertiary/aromatic N) is 1. The number of hydrogen-bond acceptors (Lipinski definition) is 3. The highest BCUT2D eigenvalue weighted by Gasteiger charge is 2.20. The Bertz CT molecular complexity index is 381. The van der Waals surface area contributed by atoms with Crippen molar-refractivity contribution in [3.8, 4) is 0 Å². The van der Waals surface area contributed by atoms with Crippen LogP contribution >= 0.6 is 11.3 Å². The second-order valence-electron chi connectivity index (χ2n) is 5.75. The number of amides is 1. The summed E-state index contributed by atoms with van der Waals surface area (Å²) in [6.45, 7) is 8.12. The lowest BCUT2D eigenvalue weighted by Crippen LogP contribution is -2.39. The Morgan fingerprint density at radius 3 is 2.79 bits per heavy atom. The summed E-state index contributed by atoms with van der Waals surface area (Å²) in [6, 6.07) is 2.21. The van der Waals surface area contributed by atoms with Gasteiger partial charge in [0.25, 0.3) is 0 Å². The molecule has 0 aromatic carbocycles. The second-order valence-corrected chi connectivity index (χ2v) is 6.53. The number of likely N-dealkylation sites (tertiary alicyclic amines) is 1. The number of piperidine rings is 1. The largest absolute Gasteiger partial charge is 0.356 e. The predicted octanol–water partition coefficient (Wildman–Crippen LogP) is 2.73. The van der Waals surface area contributed by atoms with Crippen LogP contribution in [0.3, 0.4) is 0 Å². The molecule has 0 aliphatic carbocycles. The quantitative estimate of drug-likeness (QED) is 0.899. The topological polar surface area (TPSA) is 32.3 Å². The standard InChI is InChI=1S/C15H24N2OS/c1-12(2)15(18)16-9-13-3-6-17(7-4-13)10-14-5-8-19-11-14/h5,8,11-13H,3-4,6-7,9-10H2,1-2H3,(H,16,18). The molecule has 1 aliphatic heterocycles. The minimum absolute atomic E-state index is 0.0960. The van der Waals surface area contributed by atoms with E-state index < -0.39 is 0 Å². The molecule has 1 aliphatic rings. The third kappa shape index (κ3) is 4.62. The molecule has 2 heterocycles. The molecule has 0 unspecified atom stereocenters. The maximum atomic E-state index is 11.5. The highest BCUT2D eigenvalue weighted by atomic mass is 32.1. The molecule has 106 valence electrons. The average molecular weight is 280 g/mol. The van der Waals surface area contributed by atoms with Crippen molar-refractivity contribution in [3.63, 3.8) is 0 Å². The van der Waals surface area contributed by atoms with E-state index in [4.69, 9.17) is 0 Å². The second kappa shape index (κ2) is 7.06. The van der Waals surface area contributed by atoms with Gasteiger partial charge in [-0.05, 0) is 54.2 Å². The van der Waals surface area contributed by atoms with Crippen LogP contribution in [0, 0.1) is 11.8 Å². The Morgan fingerprint density at radius 1 is 1.47 bits per heavy atom. The minimum atomic E-state index is 0.0960. The summed E-state index contributed by atoms with van der Waals surface area (Å²) >= 11 is 1.77. The lowest BCUT2D eigenvalue weighted by Gasteiger charge is -2.31. The van der Waals surface area contributed by atoms with Crippen molar-refractivity contribution in [2.45, 2.75) is 33.2 Å². The lowest BCUT2D eigenvalue weighted by molar-refractivity contribution is -0.124. The van der Waals surface area contributed by atoms with Crippen LogP contribution in [0.4, 0.5) is 0 Å². The summed E-state index contributed by atoms with van der Waals surface area (Å²) in [5.41, 5.74) is 1.43. The van der Waals surface area contributed by atoms with E-state index in [1.807, 2.05) is 13.8 Å². The molecule has 0 bridgehead atoms. The molecule has 1 fully saturated rings. The van der Waals surface area contributed by atoms with Crippen molar-refractivity contribution in [2.75, 3.05) is 19.6 Å².